The number of ether oxygens (including phenoxy) is 1. The lowest BCUT2D eigenvalue weighted by Crippen LogP contribution is -2.54. The zero-order chi connectivity index (χ0) is 24.5. The van der Waals surface area contributed by atoms with Crippen molar-refractivity contribution in [2.45, 2.75) is 44.3 Å². The van der Waals surface area contributed by atoms with Crippen LogP contribution < -0.4 is 15.5 Å². The summed E-state index contributed by atoms with van der Waals surface area (Å²) < 4.78 is 20.2. The summed E-state index contributed by atoms with van der Waals surface area (Å²) in [5.74, 6) is -2.59. The Morgan fingerprint density at radius 2 is 1.88 bits per heavy atom. The standard InChI is InChI=1S/C23H27FN4O6/c1-2-34-12-19(30)25-13-23(24)7-9-27(10-8-23)14-3-4-15-16(11-14)22(33)28(21(15)32)17-5-6-18(29)26-20(17)31/h3-4,11,17H,2,5-10,12-13H2,1H3,(H,25,30)(H,26,29,31). The summed E-state index contributed by atoms with van der Waals surface area (Å²) in [6, 6.07) is 3.82. The molecule has 11 heteroatoms. The molecule has 3 aliphatic rings. The summed E-state index contributed by atoms with van der Waals surface area (Å²) in [6.45, 7) is 2.73. The van der Waals surface area contributed by atoms with Crippen molar-refractivity contribution < 1.29 is 33.1 Å². The summed E-state index contributed by atoms with van der Waals surface area (Å²) in [5.41, 5.74) is -0.476. The minimum Gasteiger partial charge on any atom is -0.372 e. The fourth-order valence-electron chi connectivity index (χ4n) is 4.50. The number of carbonyl (C=O) groups is 5. The number of alkyl halides is 1. The smallest absolute Gasteiger partial charge is 0.262 e. The van der Waals surface area contributed by atoms with Gasteiger partial charge in [-0.15, -0.1) is 0 Å². The highest BCUT2D eigenvalue weighted by Crippen LogP contribution is 2.33. The maximum Gasteiger partial charge on any atom is 0.262 e. The minimum atomic E-state index is -1.54. The highest BCUT2D eigenvalue weighted by Gasteiger charge is 2.45. The van der Waals surface area contributed by atoms with Gasteiger partial charge in [0.1, 0.15) is 18.3 Å². The summed E-state index contributed by atoms with van der Waals surface area (Å²) in [4.78, 5) is 64.0. The van der Waals surface area contributed by atoms with Crippen LogP contribution in [0.3, 0.4) is 0 Å². The van der Waals surface area contributed by atoms with Crippen molar-refractivity contribution in [3.05, 3.63) is 29.3 Å². The van der Waals surface area contributed by atoms with E-state index in [0.717, 1.165) is 4.90 Å². The van der Waals surface area contributed by atoms with Gasteiger partial charge in [-0.05, 0) is 31.5 Å². The predicted molar refractivity (Wildman–Crippen MR) is 118 cm³/mol. The van der Waals surface area contributed by atoms with Gasteiger partial charge in [0.2, 0.25) is 17.7 Å². The van der Waals surface area contributed by atoms with E-state index in [4.69, 9.17) is 4.74 Å². The van der Waals surface area contributed by atoms with E-state index in [1.807, 2.05) is 4.90 Å². The number of amides is 5. The first kappa shape index (κ1) is 23.8. The lowest BCUT2D eigenvalue weighted by Gasteiger charge is -2.37. The lowest BCUT2D eigenvalue weighted by atomic mass is 9.92. The van der Waals surface area contributed by atoms with Crippen LogP contribution in [0.4, 0.5) is 10.1 Å². The molecule has 3 heterocycles. The van der Waals surface area contributed by atoms with Crippen LogP contribution in [0.5, 0.6) is 0 Å². The Hall–Kier alpha value is -3.34. The van der Waals surface area contributed by atoms with E-state index in [1.165, 1.54) is 0 Å². The molecule has 1 aromatic rings. The Morgan fingerprint density at radius 3 is 2.56 bits per heavy atom. The predicted octanol–water partition coefficient (Wildman–Crippen LogP) is 0.549. The molecule has 0 aromatic heterocycles. The van der Waals surface area contributed by atoms with Gasteiger partial charge >= 0.3 is 0 Å². The third-order valence-corrected chi connectivity index (χ3v) is 6.49. The largest absolute Gasteiger partial charge is 0.372 e. The molecule has 1 atom stereocenters. The third kappa shape index (κ3) is 4.65. The zero-order valence-electron chi connectivity index (χ0n) is 18.9. The molecule has 3 aliphatic heterocycles. The number of carbonyl (C=O) groups excluding carboxylic acids is 5. The van der Waals surface area contributed by atoms with E-state index in [1.54, 1.807) is 25.1 Å². The van der Waals surface area contributed by atoms with Gasteiger partial charge in [0.25, 0.3) is 11.8 Å². The van der Waals surface area contributed by atoms with Gasteiger partial charge in [0.05, 0.1) is 17.7 Å². The van der Waals surface area contributed by atoms with Crippen molar-refractivity contribution in [1.29, 1.82) is 0 Å². The van der Waals surface area contributed by atoms with Crippen LogP contribution in [-0.2, 0) is 19.1 Å². The van der Waals surface area contributed by atoms with Crippen molar-refractivity contribution in [2.75, 3.05) is 37.7 Å². The Morgan fingerprint density at radius 1 is 1.18 bits per heavy atom. The fourth-order valence-corrected chi connectivity index (χ4v) is 4.50. The Balaban J connectivity index is 1.40. The van der Waals surface area contributed by atoms with Gasteiger partial charge in [-0.1, -0.05) is 0 Å². The fraction of sp³-hybridized carbons (Fsp3) is 0.522. The van der Waals surface area contributed by atoms with E-state index in [-0.39, 0.29) is 55.9 Å². The zero-order valence-corrected chi connectivity index (χ0v) is 18.9. The van der Waals surface area contributed by atoms with Crippen LogP contribution in [0.1, 0.15) is 53.3 Å². The number of hydrogen-bond acceptors (Lipinski definition) is 7. The molecular formula is C23H27FN4O6. The summed E-state index contributed by atoms with van der Waals surface area (Å²) in [7, 11) is 0. The number of benzene rings is 1. The molecule has 0 bridgehead atoms. The first-order valence-electron chi connectivity index (χ1n) is 11.4. The lowest BCUT2D eigenvalue weighted by molar-refractivity contribution is -0.136. The molecule has 1 unspecified atom stereocenters. The molecule has 5 amide bonds. The molecule has 1 aromatic carbocycles. The van der Waals surface area contributed by atoms with Gasteiger partial charge in [0, 0.05) is 44.6 Å². The van der Waals surface area contributed by atoms with Crippen molar-refractivity contribution in [3.63, 3.8) is 0 Å². The number of fused-ring (bicyclic) bond motifs is 1. The monoisotopic (exact) mass is 474 g/mol. The number of nitrogens with one attached hydrogen (secondary N) is 2. The molecule has 0 spiro atoms. The SMILES string of the molecule is CCOCC(=O)NCC1(F)CCN(c2ccc3c(c2)C(=O)N(C2CCC(=O)NC2=O)C3=O)CC1. The minimum absolute atomic E-state index is 0.0555. The number of nitrogens with zero attached hydrogens (tertiary/aromatic N) is 2. The number of rotatable bonds is 7. The van der Waals surface area contributed by atoms with Gasteiger partial charge in [0.15, 0.2) is 0 Å². The van der Waals surface area contributed by atoms with Gasteiger partial charge in [-0.2, -0.15) is 0 Å². The number of anilines is 1. The average molecular weight is 474 g/mol. The maximum atomic E-state index is 15.1. The normalized spacial score (nSPS) is 22.0. The van der Waals surface area contributed by atoms with Crippen molar-refractivity contribution in [3.8, 4) is 0 Å². The average Bonchev–Trinajstić information content (AvgIpc) is 3.06. The van der Waals surface area contributed by atoms with Crippen LogP contribution in [0, 0.1) is 0 Å². The van der Waals surface area contributed by atoms with Crippen LogP contribution >= 0.6 is 0 Å². The van der Waals surface area contributed by atoms with Gasteiger partial charge in [-0.3, -0.25) is 34.2 Å². The second-order valence-corrected chi connectivity index (χ2v) is 8.73. The Bertz CT molecular complexity index is 1040. The molecule has 0 radical (unpaired) electrons. The number of halogens is 1. The van der Waals surface area contributed by atoms with Crippen LogP contribution in [-0.4, -0.2) is 79.0 Å². The van der Waals surface area contributed by atoms with Crippen molar-refractivity contribution >= 4 is 35.2 Å². The third-order valence-electron chi connectivity index (χ3n) is 6.49. The highest BCUT2D eigenvalue weighted by atomic mass is 19.1. The van der Waals surface area contributed by atoms with E-state index in [0.29, 0.717) is 25.4 Å². The Kier molecular flexibility index (Phi) is 6.65. The second kappa shape index (κ2) is 9.49. The van der Waals surface area contributed by atoms with E-state index >= 15 is 4.39 Å². The van der Waals surface area contributed by atoms with Crippen molar-refractivity contribution in [2.24, 2.45) is 0 Å². The number of hydrogen-bond donors (Lipinski definition) is 2. The molecule has 34 heavy (non-hydrogen) atoms. The van der Waals surface area contributed by atoms with E-state index < -0.39 is 35.3 Å². The van der Waals surface area contributed by atoms with Gasteiger partial charge < -0.3 is 15.0 Å². The summed E-state index contributed by atoms with van der Waals surface area (Å²) in [6.07, 6.45) is 0.525. The molecule has 2 N–H and O–H groups in total. The maximum absolute atomic E-state index is 15.1. The summed E-state index contributed by atoms with van der Waals surface area (Å²) >= 11 is 0. The molecule has 10 nitrogen and oxygen atoms in total. The molecule has 0 saturated carbocycles. The summed E-state index contributed by atoms with van der Waals surface area (Å²) in [5, 5.41) is 4.74. The second-order valence-electron chi connectivity index (χ2n) is 8.73. The van der Waals surface area contributed by atoms with Crippen LogP contribution in [0.2, 0.25) is 0 Å². The van der Waals surface area contributed by atoms with Crippen LogP contribution in [0.15, 0.2) is 18.2 Å². The Labute approximate surface area is 195 Å². The quantitative estimate of drug-likeness (QED) is 0.553. The van der Waals surface area contributed by atoms with E-state index in [2.05, 4.69) is 10.6 Å². The molecule has 2 saturated heterocycles. The van der Waals surface area contributed by atoms with Crippen molar-refractivity contribution in [1.82, 2.24) is 15.5 Å². The molecule has 182 valence electrons. The van der Waals surface area contributed by atoms with Gasteiger partial charge in [-0.25, -0.2) is 4.39 Å². The molecule has 2 fully saturated rings. The topological polar surface area (TPSA) is 125 Å². The highest BCUT2D eigenvalue weighted by molar-refractivity contribution is 6.23. The molecular weight excluding hydrogens is 447 g/mol. The number of imide groups is 2. The van der Waals surface area contributed by atoms with Crippen LogP contribution in [0.25, 0.3) is 0 Å². The van der Waals surface area contributed by atoms with E-state index in [9.17, 15) is 24.0 Å². The first-order valence-corrected chi connectivity index (χ1v) is 11.4. The molecule has 4 rings (SSSR count). The first-order chi connectivity index (χ1) is 16.2. The molecule has 0 aliphatic carbocycles. The number of piperidine rings is 2.